The van der Waals surface area contributed by atoms with Crippen LogP contribution >= 0.6 is 0 Å². The smallest absolute Gasteiger partial charge is 0.254 e. The number of hydrogen-bond acceptors (Lipinski definition) is 11. The highest BCUT2D eigenvalue weighted by molar-refractivity contribution is 6.08. The molecule has 0 heterocycles. The fraction of sp³-hybridized carbons (Fsp3) is 0.615. The van der Waals surface area contributed by atoms with E-state index in [0.29, 0.717) is 96.8 Å². The van der Waals surface area contributed by atoms with Crippen molar-refractivity contribution in [2.45, 2.75) is 26.3 Å². The first kappa shape index (κ1) is 34.1. The van der Waals surface area contributed by atoms with Crippen LogP contribution in [0.2, 0.25) is 0 Å². The summed E-state index contributed by atoms with van der Waals surface area (Å²) in [5.74, 6) is -1.62. The van der Waals surface area contributed by atoms with Gasteiger partial charge in [-0.3, -0.25) is 19.7 Å². The first-order valence-corrected chi connectivity index (χ1v) is 13.0. The van der Waals surface area contributed by atoms with Crippen LogP contribution in [0.5, 0.6) is 0 Å². The Balaban J connectivity index is 2.29. The molecule has 13 heteroatoms. The Morgan fingerprint density at radius 1 is 0.897 bits per heavy atom. The van der Waals surface area contributed by atoms with E-state index in [1.807, 2.05) is 0 Å². The van der Waals surface area contributed by atoms with Crippen molar-refractivity contribution in [3.05, 3.63) is 29.3 Å². The van der Waals surface area contributed by atoms with Gasteiger partial charge >= 0.3 is 0 Å². The third kappa shape index (κ3) is 15.3. The first-order valence-electron chi connectivity index (χ1n) is 13.0. The van der Waals surface area contributed by atoms with Gasteiger partial charge in [0.25, 0.3) is 5.91 Å². The van der Waals surface area contributed by atoms with E-state index in [1.165, 1.54) is 6.92 Å². The highest BCUT2D eigenvalue weighted by atomic mass is 16.6. The van der Waals surface area contributed by atoms with Gasteiger partial charge in [0.15, 0.2) is 0 Å². The molecule has 6 N–H and O–H groups in total. The van der Waals surface area contributed by atoms with Crippen LogP contribution in [0.3, 0.4) is 0 Å². The lowest BCUT2D eigenvalue weighted by molar-refractivity contribution is -0.130. The summed E-state index contributed by atoms with van der Waals surface area (Å²) in [5.41, 5.74) is 6.44. The van der Waals surface area contributed by atoms with Gasteiger partial charge in [0.1, 0.15) is 6.04 Å². The minimum absolute atomic E-state index is 0.232. The molecular formula is C26H43N5O8. The van der Waals surface area contributed by atoms with Gasteiger partial charge in [-0.15, -0.1) is 0 Å². The molecule has 0 fully saturated rings. The number of nitrogens with one attached hydrogen (secondary N) is 4. The molecule has 0 saturated carbocycles. The molecular weight excluding hydrogens is 510 g/mol. The Kier molecular flexibility index (Phi) is 19.2. The lowest BCUT2D eigenvalue weighted by Crippen LogP contribution is -2.47. The summed E-state index contributed by atoms with van der Waals surface area (Å²) >= 11 is 0. The second kappa shape index (κ2) is 21.9. The number of carbonyl (C=O) groups is 3. The summed E-state index contributed by atoms with van der Waals surface area (Å²) in [6, 6.07) is 4.18. The van der Waals surface area contributed by atoms with Crippen LogP contribution in [0, 0.1) is 5.41 Å². The van der Waals surface area contributed by atoms with Crippen LogP contribution in [-0.4, -0.2) is 109 Å². The predicted molar refractivity (Wildman–Crippen MR) is 146 cm³/mol. The zero-order chi connectivity index (χ0) is 28.7. The molecule has 1 aromatic carbocycles. The zero-order valence-electron chi connectivity index (χ0n) is 22.9. The quantitative estimate of drug-likeness (QED) is 0.0933. The molecule has 0 spiro atoms. The second-order valence-corrected chi connectivity index (χ2v) is 8.17. The van der Waals surface area contributed by atoms with Crippen molar-refractivity contribution >= 4 is 29.6 Å². The lowest BCUT2D eigenvalue weighted by Gasteiger charge is -2.19. The second-order valence-electron chi connectivity index (χ2n) is 8.17. The van der Waals surface area contributed by atoms with Crippen molar-refractivity contribution in [2.75, 3.05) is 84.5 Å². The van der Waals surface area contributed by atoms with Gasteiger partial charge in [0.2, 0.25) is 11.8 Å². The van der Waals surface area contributed by atoms with Gasteiger partial charge in [-0.1, -0.05) is 19.1 Å². The topological polar surface area (TPSA) is 183 Å². The predicted octanol–water partition coefficient (Wildman–Crippen LogP) is 0.309. The van der Waals surface area contributed by atoms with E-state index < -0.39 is 23.8 Å². The molecule has 0 saturated heterocycles. The van der Waals surface area contributed by atoms with E-state index >= 15 is 0 Å². The summed E-state index contributed by atoms with van der Waals surface area (Å²) in [7, 11) is 0. The van der Waals surface area contributed by atoms with E-state index in [2.05, 4.69) is 16.0 Å². The van der Waals surface area contributed by atoms with E-state index in [1.54, 1.807) is 25.1 Å². The third-order valence-electron chi connectivity index (χ3n) is 5.12. The van der Waals surface area contributed by atoms with Crippen molar-refractivity contribution in [2.24, 2.45) is 5.73 Å². The molecule has 1 rings (SSSR count). The van der Waals surface area contributed by atoms with Crippen LogP contribution < -0.4 is 21.7 Å². The van der Waals surface area contributed by atoms with Crippen molar-refractivity contribution in [1.82, 2.24) is 10.6 Å². The van der Waals surface area contributed by atoms with Crippen molar-refractivity contribution in [3.8, 4) is 0 Å². The number of imide groups is 1. The molecule has 0 aromatic heterocycles. The fourth-order valence-corrected chi connectivity index (χ4v) is 3.26. The molecule has 1 unspecified atom stereocenters. The number of ether oxygens (including phenoxy) is 5. The van der Waals surface area contributed by atoms with Gasteiger partial charge < -0.3 is 45.5 Å². The van der Waals surface area contributed by atoms with Crippen molar-refractivity contribution in [1.29, 1.82) is 5.41 Å². The van der Waals surface area contributed by atoms with E-state index in [-0.39, 0.29) is 5.56 Å². The van der Waals surface area contributed by atoms with Gasteiger partial charge in [-0.05, 0) is 12.5 Å². The lowest BCUT2D eigenvalue weighted by atomic mass is 10.0. The maximum atomic E-state index is 13.0. The standard InChI is InChI=1S/C26H43N5O8/c1-3-22(25(33)30-20(2)32)31-26(34)24-21(19-28)5-4-6-23(24)29-8-10-36-12-14-38-16-18-39-17-15-37-13-11-35-9-7-27/h4-6,19,22,28-29H,3,7-18,27H2,1-2H3,(H,31,34)(H,30,32,33). The normalized spacial score (nSPS) is 11.6. The Morgan fingerprint density at radius 3 is 1.92 bits per heavy atom. The van der Waals surface area contributed by atoms with Gasteiger partial charge in [-0.25, -0.2) is 0 Å². The molecule has 0 aliphatic carbocycles. The molecule has 220 valence electrons. The molecule has 0 aliphatic heterocycles. The van der Waals surface area contributed by atoms with Crippen LogP contribution in [0.25, 0.3) is 0 Å². The molecule has 1 aromatic rings. The Labute approximate surface area is 229 Å². The average molecular weight is 554 g/mol. The minimum atomic E-state index is -0.887. The minimum Gasteiger partial charge on any atom is -0.382 e. The number of rotatable bonds is 23. The van der Waals surface area contributed by atoms with Crippen molar-refractivity contribution < 1.29 is 38.1 Å². The largest absolute Gasteiger partial charge is 0.382 e. The SMILES string of the molecule is CCC(NC(=O)c1c(C=N)cccc1NCCOCCOCCOCCOCCOCCN)C(=O)NC(C)=O. The van der Waals surface area contributed by atoms with Gasteiger partial charge in [0.05, 0.1) is 71.6 Å². The number of nitrogens with two attached hydrogens (primary N) is 1. The number of carbonyl (C=O) groups excluding carboxylic acids is 3. The highest BCUT2D eigenvalue weighted by Crippen LogP contribution is 2.19. The molecule has 0 aliphatic rings. The maximum absolute atomic E-state index is 13.0. The number of anilines is 1. The Bertz CT molecular complexity index is 871. The van der Waals surface area contributed by atoms with E-state index in [9.17, 15) is 14.4 Å². The van der Waals surface area contributed by atoms with Crippen LogP contribution in [-0.2, 0) is 33.3 Å². The Hall–Kier alpha value is -2.94. The summed E-state index contributed by atoms with van der Waals surface area (Å²) < 4.78 is 27.0. The molecule has 1 atom stereocenters. The monoisotopic (exact) mass is 553 g/mol. The van der Waals surface area contributed by atoms with E-state index in [4.69, 9.17) is 34.8 Å². The number of amides is 3. The number of benzene rings is 1. The molecule has 39 heavy (non-hydrogen) atoms. The highest BCUT2D eigenvalue weighted by Gasteiger charge is 2.23. The summed E-state index contributed by atoms with van der Waals surface area (Å²) in [6.07, 6.45) is 1.36. The van der Waals surface area contributed by atoms with Crippen molar-refractivity contribution in [3.63, 3.8) is 0 Å². The Morgan fingerprint density at radius 2 is 1.44 bits per heavy atom. The third-order valence-corrected chi connectivity index (χ3v) is 5.12. The van der Waals surface area contributed by atoms with Gasteiger partial charge in [0, 0.05) is 37.5 Å². The number of hydrogen-bond donors (Lipinski definition) is 5. The summed E-state index contributed by atoms with van der Waals surface area (Å²) in [4.78, 5) is 36.4. The fourth-order valence-electron chi connectivity index (χ4n) is 3.26. The molecule has 0 bridgehead atoms. The first-order chi connectivity index (χ1) is 18.9. The average Bonchev–Trinajstić information content (AvgIpc) is 2.92. The molecule has 3 amide bonds. The molecule has 13 nitrogen and oxygen atoms in total. The van der Waals surface area contributed by atoms with Crippen LogP contribution in [0.15, 0.2) is 18.2 Å². The van der Waals surface area contributed by atoms with E-state index in [0.717, 1.165) is 6.21 Å². The van der Waals surface area contributed by atoms with Crippen LogP contribution in [0.4, 0.5) is 5.69 Å². The maximum Gasteiger partial charge on any atom is 0.254 e. The summed E-state index contributed by atoms with van der Waals surface area (Å²) in [5, 5.41) is 15.6. The van der Waals surface area contributed by atoms with Gasteiger partial charge in [-0.2, -0.15) is 0 Å². The summed E-state index contributed by atoms with van der Waals surface area (Å²) in [6.45, 7) is 8.45. The molecule has 0 radical (unpaired) electrons. The van der Waals surface area contributed by atoms with Crippen LogP contribution in [0.1, 0.15) is 36.2 Å². The zero-order valence-corrected chi connectivity index (χ0v) is 22.9.